The molecule has 3 heteroatoms. The smallest absolute Gasteiger partial charge is 0.0630 e. The van der Waals surface area contributed by atoms with E-state index in [1.54, 1.807) is 7.11 Å². The van der Waals surface area contributed by atoms with Crippen LogP contribution in [0.3, 0.4) is 0 Å². The molecule has 0 bridgehead atoms. The fourth-order valence-corrected chi connectivity index (χ4v) is 2.27. The van der Waals surface area contributed by atoms with Gasteiger partial charge in [0.05, 0.1) is 6.61 Å². The minimum atomic E-state index is 0.428. The van der Waals surface area contributed by atoms with Gasteiger partial charge in [-0.1, -0.05) is 6.92 Å². The first-order chi connectivity index (χ1) is 6.33. The third-order valence-electron chi connectivity index (χ3n) is 2.99. The van der Waals surface area contributed by atoms with Crippen LogP contribution in [0.4, 0.5) is 0 Å². The first-order valence-electron chi connectivity index (χ1n) is 5.28. The van der Waals surface area contributed by atoms with Crippen molar-refractivity contribution in [3.05, 3.63) is 0 Å². The first kappa shape index (κ1) is 11.0. The van der Waals surface area contributed by atoms with E-state index in [9.17, 15) is 0 Å². The van der Waals surface area contributed by atoms with Crippen LogP contribution in [0.25, 0.3) is 0 Å². The normalized spacial score (nSPS) is 26.5. The van der Waals surface area contributed by atoms with Crippen LogP contribution in [0, 0.1) is 0 Å². The Balaban J connectivity index is 2.46. The highest BCUT2D eigenvalue weighted by atomic mass is 16.5. The third kappa shape index (κ3) is 2.66. The van der Waals surface area contributed by atoms with Crippen molar-refractivity contribution >= 4 is 0 Å². The van der Waals surface area contributed by atoms with Crippen molar-refractivity contribution in [2.24, 2.45) is 5.73 Å². The van der Waals surface area contributed by atoms with Gasteiger partial charge in [0.2, 0.25) is 0 Å². The van der Waals surface area contributed by atoms with E-state index < -0.39 is 0 Å². The largest absolute Gasteiger partial charge is 0.383 e. The van der Waals surface area contributed by atoms with Crippen molar-refractivity contribution in [1.82, 2.24) is 4.90 Å². The Bertz CT molecular complexity index is 141. The van der Waals surface area contributed by atoms with E-state index in [0.29, 0.717) is 12.6 Å². The van der Waals surface area contributed by atoms with Gasteiger partial charge >= 0.3 is 0 Å². The lowest BCUT2D eigenvalue weighted by atomic mass is 10.1. The number of methoxy groups -OCH3 is 1. The van der Waals surface area contributed by atoms with Gasteiger partial charge in [-0.2, -0.15) is 0 Å². The topological polar surface area (TPSA) is 38.5 Å². The van der Waals surface area contributed by atoms with Crippen molar-refractivity contribution in [3.63, 3.8) is 0 Å². The summed E-state index contributed by atoms with van der Waals surface area (Å²) in [5.41, 5.74) is 5.73. The summed E-state index contributed by atoms with van der Waals surface area (Å²) in [4.78, 5) is 2.52. The highest BCUT2D eigenvalue weighted by molar-refractivity contribution is 4.84. The van der Waals surface area contributed by atoms with Crippen LogP contribution >= 0.6 is 0 Å². The molecular weight excluding hydrogens is 164 g/mol. The van der Waals surface area contributed by atoms with Crippen LogP contribution in [0.5, 0.6) is 0 Å². The Kier molecular flexibility index (Phi) is 4.70. The Morgan fingerprint density at radius 3 is 2.92 bits per heavy atom. The number of hydrogen-bond acceptors (Lipinski definition) is 3. The molecule has 1 rings (SSSR count). The van der Waals surface area contributed by atoms with Crippen molar-refractivity contribution in [3.8, 4) is 0 Å². The number of likely N-dealkylation sites (tertiary alicyclic amines) is 1. The van der Waals surface area contributed by atoms with E-state index in [1.165, 1.54) is 25.8 Å². The number of nitrogens with two attached hydrogens (primary N) is 1. The SMILES string of the molecule is CCC1CCCN1C(CN)COC. The summed E-state index contributed by atoms with van der Waals surface area (Å²) in [6.07, 6.45) is 3.88. The van der Waals surface area contributed by atoms with Gasteiger partial charge in [0.25, 0.3) is 0 Å². The van der Waals surface area contributed by atoms with E-state index >= 15 is 0 Å². The second-order valence-electron chi connectivity index (χ2n) is 3.79. The summed E-state index contributed by atoms with van der Waals surface area (Å²) in [6.45, 7) is 4.93. The summed E-state index contributed by atoms with van der Waals surface area (Å²) in [6, 6.07) is 1.17. The van der Waals surface area contributed by atoms with E-state index in [0.717, 1.165) is 12.6 Å². The average Bonchev–Trinajstić information content (AvgIpc) is 2.61. The van der Waals surface area contributed by atoms with Crippen molar-refractivity contribution in [2.45, 2.75) is 38.3 Å². The molecule has 0 amide bonds. The highest BCUT2D eigenvalue weighted by Crippen LogP contribution is 2.22. The number of rotatable bonds is 5. The lowest BCUT2D eigenvalue weighted by molar-refractivity contribution is 0.0848. The Labute approximate surface area is 81.2 Å². The molecule has 78 valence electrons. The van der Waals surface area contributed by atoms with Crippen molar-refractivity contribution < 1.29 is 4.74 Å². The molecule has 3 nitrogen and oxygen atoms in total. The highest BCUT2D eigenvalue weighted by Gasteiger charge is 2.28. The van der Waals surface area contributed by atoms with Gasteiger partial charge in [-0.15, -0.1) is 0 Å². The number of ether oxygens (including phenoxy) is 1. The summed E-state index contributed by atoms with van der Waals surface area (Å²) in [5, 5.41) is 0. The van der Waals surface area contributed by atoms with E-state index in [4.69, 9.17) is 10.5 Å². The number of hydrogen-bond donors (Lipinski definition) is 1. The van der Waals surface area contributed by atoms with Crippen molar-refractivity contribution in [1.29, 1.82) is 0 Å². The fraction of sp³-hybridized carbons (Fsp3) is 1.00. The lowest BCUT2D eigenvalue weighted by Gasteiger charge is -2.31. The monoisotopic (exact) mass is 186 g/mol. The second kappa shape index (κ2) is 5.58. The molecule has 1 aliphatic rings. The fourth-order valence-electron chi connectivity index (χ4n) is 2.27. The molecule has 0 saturated carbocycles. The summed E-state index contributed by atoms with van der Waals surface area (Å²) < 4.78 is 5.18. The van der Waals surface area contributed by atoms with E-state index in [-0.39, 0.29) is 0 Å². The van der Waals surface area contributed by atoms with E-state index in [2.05, 4.69) is 11.8 Å². The molecule has 0 aliphatic carbocycles. The number of nitrogens with zero attached hydrogens (tertiary/aromatic N) is 1. The Morgan fingerprint density at radius 2 is 2.38 bits per heavy atom. The maximum absolute atomic E-state index is 5.73. The maximum Gasteiger partial charge on any atom is 0.0630 e. The molecule has 1 aliphatic heterocycles. The molecule has 2 unspecified atom stereocenters. The van der Waals surface area contributed by atoms with Crippen LogP contribution in [0.2, 0.25) is 0 Å². The molecule has 0 aromatic heterocycles. The molecular formula is C10H22N2O. The molecule has 0 radical (unpaired) electrons. The molecule has 0 aromatic rings. The van der Waals surface area contributed by atoms with Gasteiger partial charge in [0, 0.05) is 25.7 Å². The van der Waals surface area contributed by atoms with Gasteiger partial charge < -0.3 is 10.5 Å². The molecule has 2 atom stereocenters. The van der Waals surface area contributed by atoms with Gasteiger partial charge in [-0.3, -0.25) is 4.90 Å². The van der Waals surface area contributed by atoms with E-state index in [1.807, 2.05) is 0 Å². The standard InChI is InChI=1S/C10H22N2O/c1-3-9-5-4-6-12(9)10(7-11)8-13-2/h9-10H,3-8,11H2,1-2H3. The molecule has 1 fully saturated rings. The summed E-state index contributed by atoms with van der Waals surface area (Å²) in [7, 11) is 1.75. The van der Waals surface area contributed by atoms with Crippen LogP contribution in [0.1, 0.15) is 26.2 Å². The molecule has 0 aromatic carbocycles. The minimum Gasteiger partial charge on any atom is -0.383 e. The lowest BCUT2D eigenvalue weighted by Crippen LogP contribution is -2.45. The second-order valence-corrected chi connectivity index (χ2v) is 3.79. The maximum atomic E-state index is 5.73. The Hall–Kier alpha value is -0.120. The van der Waals surface area contributed by atoms with Gasteiger partial charge in [0.15, 0.2) is 0 Å². The zero-order chi connectivity index (χ0) is 9.68. The molecule has 0 spiro atoms. The zero-order valence-corrected chi connectivity index (χ0v) is 8.83. The average molecular weight is 186 g/mol. The van der Waals surface area contributed by atoms with Gasteiger partial charge in [-0.05, 0) is 25.8 Å². The molecule has 1 heterocycles. The summed E-state index contributed by atoms with van der Waals surface area (Å²) in [5.74, 6) is 0. The summed E-state index contributed by atoms with van der Waals surface area (Å²) >= 11 is 0. The zero-order valence-electron chi connectivity index (χ0n) is 8.83. The first-order valence-corrected chi connectivity index (χ1v) is 5.28. The Morgan fingerprint density at radius 1 is 1.62 bits per heavy atom. The van der Waals surface area contributed by atoms with Gasteiger partial charge in [0.1, 0.15) is 0 Å². The van der Waals surface area contributed by atoms with Crippen LogP contribution in [0.15, 0.2) is 0 Å². The van der Waals surface area contributed by atoms with Gasteiger partial charge in [-0.25, -0.2) is 0 Å². The molecule has 1 saturated heterocycles. The predicted molar refractivity (Wildman–Crippen MR) is 54.7 cm³/mol. The molecule has 13 heavy (non-hydrogen) atoms. The van der Waals surface area contributed by atoms with Crippen LogP contribution < -0.4 is 5.73 Å². The van der Waals surface area contributed by atoms with Crippen LogP contribution in [-0.4, -0.2) is 43.8 Å². The van der Waals surface area contributed by atoms with Crippen LogP contribution in [-0.2, 0) is 4.74 Å². The quantitative estimate of drug-likeness (QED) is 0.691. The predicted octanol–water partition coefficient (Wildman–Crippen LogP) is 0.834. The van der Waals surface area contributed by atoms with Crippen molar-refractivity contribution in [2.75, 3.05) is 26.8 Å². The third-order valence-corrected chi connectivity index (χ3v) is 2.99. The molecule has 2 N–H and O–H groups in total. The minimum absolute atomic E-state index is 0.428.